The molecule has 4 rings (SSSR count). The SMILES string of the molecule is COc1ccc(CN2CCC(Nc3cnn(Cc4ccccc4)c(=O)c3Cl)CC2)cc1F. The number of piperidine rings is 1. The summed E-state index contributed by atoms with van der Waals surface area (Å²) in [5.41, 5.74) is 2.17. The van der Waals surface area contributed by atoms with Gasteiger partial charge < -0.3 is 10.1 Å². The van der Waals surface area contributed by atoms with Crippen molar-refractivity contribution >= 4 is 17.3 Å². The lowest BCUT2D eigenvalue weighted by atomic mass is 10.0. The van der Waals surface area contributed by atoms with Gasteiger partial charge in [-0.05, 0) is 36.1 Å². The molecule has 1 saturated heterocycles. The van der Waals surface area contributed by atoms with Crippen LogP contribution in [-0.2, 0) is 13.1 Å². The van der Waals surface area contributed by atoms with Crippen molar-refractivity contribution in [1.29, 1.82) is 0 Å². The number of halogens is 2. The molecule has 3 aromatic rings. The molecule has 168 valence electrons. The minimum atomic E-state index is -0.342. The van der Waals surface area contributed by atoms with Crippen molar-refractivity contribution in [2.24, 2.45) is 0 Å². The predicted octanol–water partition coefficient (Wildman–Crippen LogP) is 4.17. The number of hydrogen-bond donors (Lipinski definition) is 1. The Kier molecular flexibility index (Phi) is 7.07. The van der Waals surface area contributed by atoms with Crippen LogP contribution in [0.25, 0.3) is 0 Å². The fourth-order valence-electron chi connectivity index (χ4n) is 3.96. The van der Waals surface area contributed by atoms with Crippen LogP contribution < -0.4 is 15.6 Å². The smallest absolute Gasteiger partial charge is 0.287 e. The van der Waals surface area contributed by atoms with Gasteiger partial charge >= 0.3 is 0 Å². The summed E-state index contributed by atoms with van der Waals surface area (Å²) in [5.74, 6) is -0.0847. The average molecular weight is 457 g/mol. The molecule has 1 fully saturated rings. The van der Waals surface area contributed by atoms with E-state index < -0.39 is 0 Å². The fourth-order valence-corrected chi connectivity index (χ4v) is 4.16. The molecule has 0 aliphatic carbocycles. The molecule has 2 aromatic carbocycles. The number of anilines is 1. The summed E-state index contributed by atoms with van der Waals surface area (Å²) in [6.07, 6.45) is 3.41. The molecule has 1 aliphatic rings. The van der Waals surface area contributed by atoms with Gasteiger partial charge in [0.25, 0.3) is 5.56 Å². The van der Waals surface area contributed by atoms with Crippen LogP contribution in [0.3, 0.4) is 0 Å². The van der Waals surface area contributed by atoms with E-state index in [1.807, 2.05) is 36.4 Å². The van der Waals surface area contributed by atoms with E-state index in [-0.39, 0.29) is 28.2 Å². The van der Waals surface area contributed by atoms with E-state index in [2.05, 4.69) is 15.3 Å². The molecule has 0 atom stereocenters. The number of aromatic nitrogens is 2. The van der Waals surface area contributed by atoms with Crippen LogP contribution in [0.2, 0.25) is 5.02 Å². The van der Waals surface area contributed by atoms with E-state index in [1.54, 1.807) is 12.3 Å². The van der Waals surface area contributed by atoms with Gasteiger partial charge in [0.15, 0.2) is 11.6 Å². The Morgan fingerprint density at radius 1 is 1.12 bits per heavy atom. The van der Waals surface area contributed by atoms with Crippen molar-refractivity contribution in [3.63, 3.8) is 0 Å². The number of rotatable bonds is 7. The van der Waals surface area contributed by atoms with E-state index in [0.29, 0.717) is 18.8 Å². The lowest BCUT2D eigenvalue weighted by Gasteiger charge is -2.33. The zero-order chi connectivity index (χ0) is 22.5. The molecule has 6 nitrogen and oxygen atoms in total. The largest absolute Gasteiger partial charge is 0.494 e. The third-order valence-electron chi connectivity index (χ3n) is 5.73. The second-order valence-electron chi connectivity index (χ2n) is 7.98. The maximum Gasteiger partial charge on any atom is 0.287 e. The first-order chi connectivity index (χ1) is 15.5. The van der Waals surface area contributed by atoms with Gasteiger partial charge in [0.2, 0.25) is 0 Å². The predicted molar refractivity (Wildman–Crippen MR) is 124 cm³/mol. The minimum absolute atomic E-state index is 0.159. The van der Waals surface area contributed by atoms with E-state index in [4.69, 9.17) is 16.3 Å². The molecule has 1 aromatic heterocycles. The van der Waals surface area contributed by atoms with Gasteiger partial charge in [-0.3, -0.25) is 9.69 Å². The second-order valence-corrected chi connectivity index (χ2v) is 8.36. The maximum absolute atomic E-state index is 13.9. The maximum atomic E-state index is 13.9. The number of nitrogens with zero attached hydrogens (tertiary/aromatic N) is 3. The van der Waals surface area contributed by atoms with Crippen LogP contribution in [0.15, 0.2) is 59.5 Å². The van der Waals surface area contributed by atoms with E-state index in [1.165, 1.54) is 17.9 Å². The summed E-state index contributed by atoms with van der Waals surface area (Å²) in [6.45, 7) is 2.79. The third-order valence-corrected chi connectivity index (χ3v) is 6.09. The highest BCUT2D eigenvalue weighted by atomic mass is 35.5. The summed E-state index contributed by atoms with van der Waals surface area (Å²) < 4.78 is 20.3. The second kappa shape index (κ2) is 10.1. The lowest BCUT2D eigenvalue weighted by molar-refractivity contribution is 0.211. The van der Waals surface area contributed by atoms with Gasteiger partial charge in [-0.2, -0.15) is 5.10 Å². The van der Waals surface area contributed by atoms with Gasteiger partial charge in [-0.1, -0.05) is 48.0 Å². The molecule has 0 unspecified atom stereocenters. The number of benzene rings is 2. The number of nitrogens with one attached hydrogen (secondary N) is 1. The molecule has 32 heavy (non-hydrogen) atoms. The Balaban J connectivity index is 1.33. The molecule has 2 heterocycles. The van der Waals surface area contributed by atoms with Gasteiger partial charge in [0.05, 0.1) is 25.5 Å². The molecule has 0 saturated carbocycles. The lowest BCUT2D eigenvalue weighted by Crippen LogP contribution is -2.39. The van der Waals surface area contributed by atoms with E-state index >= 15 is 0 Å². The summed E-state index contributed by atoms with van der Waals surface area (Å²) in [4.78, 5) is 14.9. The molecular weight excluding hydrogens is 431 g/mol. The first kappa shape index (κ1) is 22.3. The van der Waals surface area contributed by atoms with Gasteiger partial charge in [-0.15, -0.1) is 0 Å². The number of methoxy groups -OCH3 is 1. The molecule has 1 aliphatic heterocycles. The topological polar surface area (TPSA) is 59.4 Å². The molecule has 0 bridgehead atoms. The molecule has 1 N–H and O–H groups in total. The van der Waals surface area contributed by atoms with Crippen LogP contribution in [0.5, 0.6) is 5.75 Å². The zero-order valence-electron chi connectivity index (χ0n) is 17.9. The Hall–Kier alpha value is -2.90. The van der Waals surface area contributed by atoms with Crippen LogP contribution in [0.4, 0.5) is 10.1 Å². The quantitative estimate of drug-likeness (QED) is 0.578. The van der Waals surface area contributed by atoms with Crippen molar-refractivity contribution in [3.05, 3.63) is 87.0 Å². The van der Waals surface area contributed by atoms with Gasteiger partial charge in [0.1, 0.15) is 5.02 Å². The van der Waals surface area contributed by atoms with Crippen molar-refractivity contribution in [2.75, 3.05) is 25.5 Å². The normalized spacial score (nSPS) is 15.0. The standard InChI is InChI=1S/C24H26ClFN4O2/c1-32-22-8-7-18(13-20(22)26)15-29-11-9-19(10-12-29)28-21-14-27-30(24(31)23(21)25)16-17-5-3-2-4-6-17/h2-8,13-14,19,28H,9-12,15-16H2,1H3. The van der Waals surface area contributed by atoms with E-state index in [0.717, 1.165) is 37.1 Å². The number of likely N-dealkylation sites (tertiary alicyclic amines) is 1. The first-order valence-corrected chi connectivity index (χ1v) is 11.0. The van der Waals surface area contributed by atoms with Crippen molar-refractivity contribution in [1.82, 2.24) is 14.7 Å². The highest BCUT2D eigenvalue weighted by Gasteiger charge is 2.21. The molecule has 8 heteroatoms. The van der Waals surface area contributed by atoms with Crippen LogP contribution in [-0.4, -0.2) is 40.9 Å². The Labute approximate surface area is 191 Å². The fraction of sp³-hybridized carbons (Fsp3) is 0.333. The molecule has 0 amide bonds. The first-order valence-electron chi connectivity index (χ1n) is 10.6. The highest BCUT2D eigenvalue weighted by molar-refractivity contribution is 6.32. The Bertz CT molecular complexity index is 1110. The average Bonchev–Trinajstić information content (AvgIpc) is 2.81. The third kappa shape index (κ3) is 5.29. The van der Waals surface area contributed by atoms with Gasteiger partial charge in [0, 0.05) is 25.7 Å². The van der Waals surface area contributed by atoms with Crippen LogP contribution >= 0.6 is 11.6 Å². The van der Waals surface area contributed by atoms with Crippen molar-refractivity contribution in [2.45, 2.75) is 32.0 Å². The summed E-state index contributed by atoms with van der Waals surface area (Å²) in [7, 11) is 1.46. The molecule has 0 radical (unpaired) electrons. The van der Waals surface area contributed by atoms with Crippen LogP contribution in [0, 0.1) is 5.82 Å². The summed E-state index contributed by atoms with van der Waals surface area (Å²) in [6, 6.07) is 15.0. The van der Waals surface area contributed by atoms with Gasteiger partial charge in [-0.25, -0.2) is 9.07 Å². The number of ether oxygens (including phenoxy) is 1. The summed E-state index contributed by atoms with van der Waals surface area (Å²) in [5, 5.41) is 7.83. The number of hydrogen-bond acceptors (Lipinski definition) is 5. The Morgan fingerprint density at radius 3 is 2.56 bits per heavy atom. The summed E-state index contributed by atoms with van der Waals surface area (Å²) >= 11 is 6.37. The Morgan fingerprint density at radius 2 is 1.88 bits per heavy atom. The molecular formula is C24H26ClFN4O2. The monoisotopic (exact) mass is 456 g/mol. The molecule has 0 spiro atoms. The zero-order valence-corrected chi connectivity index (χ0v) is 18.7. The highest BCUT2D eigenvalue weighted by Crippen LogP contribution is 2.23. The van der Waals surface area contributed by atoms with Crippen molar-refractivity contribution in [3.8, 4) is 5.75 Å². The van der Waals surface area contributed by atoms with Crippen molar-refractivity contribution < 1.29 is 9.13 Å². The van der Waals surface area contributed by atoms with E-state index in [9.17, 15) is 9.18 Å². The van der Waals surface area contributed by atoms with Crippen LogP contribution in [0.1, 0.15) is 24.0 Å². The minimum Gasteiger partial charge on any atom is -0.494 e.